The minimum absolute atomic E-state index is 0.107. The SMILES string of the molecule is Nc1ncnc2c1ncn2[C@@H]1O[C@@H]2COP(O)(=P)OC2C1O. The highest BCUT2D eigenvalue weighted by atomic mass is 31.8. The first-order valence-electron chi connectivity index (χ1n) is 6.43. The average molecular weight is 345 g/mol. The highest BCUT2D eigenvalue weighted by Gasteiger charge is 2.50. The van der Waals surface area contributed by atoms with Crippen molar-refractivity contribution in [2.24, 2.45) is 0 Å². The van der Waals surface area contributed by atoms with Gasteiger partial charge >= 0.3 is 0 Å². The van der Waals surface area contributed by atoms with Crippen LogP contribution in [0.15, 0.2) is 12.7 Å². The molecular formula is C10H13N5O5P2. The molecule has 0 aliphatic carbocycles. The smallest absolute Gasteiger partial charge is 0.274 e. The summed E-state index contributed by atoms with van der Waals surface area (Å²) in [6, 6.07) is 0. The molecule has 2 aliphatic heterocycles. The van der Waals surface area contributed by atoms with Gasteiger partial charge in [-0.15, -0.1) is 0 Å². The lowest BCUT2D eigenvalue weighted by Gasteiger charge is -2.31. The third-order valence-electron chi connectivity index (χ3n) is 3.65. The second-order valence-electron chi connectivity index (χ2n) is 5.02. The normalized spacial score (nSPS) is 38.3. The van der Waals surface area contributed by atoms with Gasteiger partial charge in [0.1, 0.15) is 30.2 Å². The van der Waals surface area contributed by atoms with E-state index in [-0.39, 0.29) is 12.4 Å². The molecule has 118 valence electrons. The van der Waals surface area contributed by atoms with E-state index in [0.717, 1.165) is 0 Å². The molecule has 4 rings (SSSR count). The second-order valence-corrected chi connectivity index (χ2v) is 8.23. The number of aromatic nitrogens is 4. The fourth-order valence-electron chi connectivity index (χ4n) is 2.64. The van der Waals surface area contributed by atoms with Gasteiger partial charge in [0.05, 0.1) is 12.9 Å². The van der Waals surface area contributed by atoms with Crippen LogP contribution in [-0.2, 0) is 13.8 Å². The first-order valence-corrected chi connectivity index (χ1v) is 9.34. The summed E-state index contributed by atoms with van der Waals surface area (Å²) in [7, 11) is -0.0791. The van der Waals surface area contributed by atoms with Gasteiger partial charge in [0.15, 0.2) is 17.7 Å². The van der Waals surface area contributed by atoms with Gasteiger partial charge < -0.3 is 29.5 Å². The van der Waals surface area contributed by atoms with Gasteiger partial charge in [-0.2, -0.15) is 0 Å². The van der Waals surface area contributed by atoms with E-state index in [1.807, 2.05) is 0 Å². The zero-order valence-corrected chi connectivity index (χ0v) is 13.0. The van der Waals surface area contributed by atoms with Crippen molar-refractivity contribution in [1.29, 1.82) is 0 Å². The molecule has 0 radical (unpaired) electrons. The molecule has 22 heavy (non-hydrogen) atoms. The van der Waals surface area contributed by atoms with Crippen LogP contribution >= 0.6 is 15.8 Å². The van der Waals surface area contributed by atoms with Crippen LogP contribution in [0.4, 0.5) is 5.82 Å². The topological polar surface area (TPSA) is 138 Å². The third kappa shape index (κ3) is 2.16. The van der Waals surface area contributed by atoms with Crippen molar-refractivity contribution in [2.45, 2.75) is 24.5 Å². The summed E-state index contributed by atoms with van der Waals surface area (Å²) in [5.74, 6) is 0.244. The van der Waals surface area contributed by atoms with Crippen molar-refractivity contribution in [3.8, 4) is 0 Å². The summed E-state index contributed by atoms with van der Waals surface area (Å²) < 4.78 is 17.8. The van der Waals surface area contributed by atoms with E-state index in [1.165, 1.54) is 12.7 Å². The molecule has 10 nitrogen and oxygen atoms in total. The molecule has 0 amide bonds. The molecular weight excluding hydrogens is 332 g/mol. The van der Waals surface area contributed by atoms with Gasteiger partial charge in [0, 0.05) is 0 Å². The lowest BCUT2D eigenvalue weighted by molar-refractivity contribution is -0.0593. The summed E-state index contributed by atoms with van der Waals surface area (Å²) in [5.41, 5.74) is 6.61. The molecule has 0 spiro atoms. The van der Waals surface area contributed by atoms with Crippen LogP contribution in [0.2, 0.25) is 0 Å². The number of rotatable bonds is 1. The number of aliphatic hydroxyl groups excluding tert-OH is 1. The van der Waals surface area contributed by atoms with Gasteiger partial charge in [-0.05, 0) is 8.53 Å². The Balaban J connectivity index is 1.71. The molecule has 12 heteroatoms. The maximum Gasteiger partial charge on any atom is 0.274 e. The Morgan fingerprint density at radius 2 is 2.23 bits per heavy atom. The van der Waals surface area contributed by atoms with E-state index in [0.29, 0.717) is 11.2 Å². The lowest BCUT2D eigenvalue weighted by Crippen LogP contribution is -2.38. The zero-order valence-electron chi connectivity index (χ0n) is 11.1. The average Bonchev–Trinajstić information content (AvgIpc) is 3.01. The highest BCUT2D eigenvalue weighted by molar-refractivity contribution is 7.88. The Labute approximate surface area is 126 Å². The number of hydrogen-bond acceptors (Lipinski definition) is 8. The highest BCUT2D eigenvalue weighted by Crippen LogP contribution is 2.56. The maximum atomic E-state index is 10.5. The maximum absolute atomic E-state index is 10.5. The van der Waals surface area contributed by atoms with Crippen molar-refractivity contribution in [3.63, 3.8) is 0 Å². The molecule has 4 heterocycles. The molecule has 0 saturated carbocycles. The van der Waals surface area contributed by atoms with Crippen LogP contribution in [0.3, 0.4) is 0 Å². The monoisotopic (exact) mass is 345 g/mol. The number of imidazole rings is 1. The third-order valence-corrected chi connectivity index (χ3v) is 5.38. The molecule has 0 bridgehead atoms. The number of nitrogen functional groups attached to an aromatic ring is 1. The van der Waals surface area contributed by atoms with E-state index >= 15 is 0 Å². The summed E-state index contributed by atoms with van der Waals surface area (Å²) in [6.07, 6.45) is -0.240. The molecule has 2 fully saturated rings. The predicted octanol–water partition coefficient (Wildman–Crippen LogP) is -0.105. The summed E-state index contributed by atoms with van der Waals surface area (Å²) in [6.45, 7) is 0.107. The van der Waals surface area contributed by atoms with Crippen LogP contribution in [0.5, 0.6) is 0 Å². The van der Waals surface area contributed by atoms with Crippen LogP contribution in [0.1, 0.15) is 6.23 Å². The van der Waals surface area contributed by atoms with Gasteiger partial charge in [0.25, 0.3) is 7.23 Å². The number of aliphatic hydroxyl groups is 1. The van der Waals surface area contributed by atoms with E-state index in [9.17, 15) is 10.00 Å². The van der Waals surface area contributed by atoms with Crippen LogP contribution in [0, 0.1) is 0 Å². The van der Waals surface area contributed by atoms with E-state index in [4.69, 9.17) is 19.5 Å². The Hall–Kier alpha value is -1.12. The number of anilines is 1. The molecule has 0 aromatic carbocycles. The van der Waals surface area contributed by atoms with Crippen molar-refractivity contribution in [3.05, 3.63) is 12.7 Å². The first kappa shape index (κ1) is 14.5. The van der Waals surface area contributed by atoms with E-state index < -0.39 is 31.8 Å². The van der Waals surface area contributed by atoms with Crippen LogP contribution < -0.4 is 5.73 Å². The standard InChI is InChI=1S/C10H13N5O5P2/c11-8-5-9(13-2-12-8)15(3-14-5)10-6(16)7-4(19-10)1-18-22(17,21)20-7/h2-4,6-7,10,16-17,21H,1H2,(H2,11,12,13)/t4-,6?,7?,10-,22?/m1/s1. The van der Waals surface area contributed by atoms with Gasteiger partial charge in [-0.1, -0.05) is 0 Å². The number of nitrogens with zero attached hydrogens (tertiary/aromatic N) is 4. The fourth-order valence-corrected chi connectivity index (χ4v) is 4.23. The van der Waals surface area contributed by atoms with E-state index in [1.54, 1.807) is 4.57 Å². The molecule has 2 aromatic rings. The summed E-state index contributed by atoms with van der Waals surface area (Å²) in [4.78, 5) is 21.9. The summed E-state index contributed by atoms with van der Waals surface area (Å²) >= 11 is 0. The first-order chi connectivity index (χ1) is 10.5. The van der Waals surface area contributed by atoms with Crippen LogP contribution in [0.25, 0.3) is 11.2 Å². The van der Waals surface area contributed by atoms with Gasteiger partial charge in [-0.3, -0.25) is 4.57 Å². The molecule has 3 unspecified atom stereocenters. The van der Waals surface area contributed by atoms with Gasteiger partial charge in [0.2, 0.25) is 0 Å². The van der Waals surface area contributed by atoms with Gasteiger partial charge in [-0.25, -0.2) is 15.0 Å². The molecule has 2 aromatic heterocycles. The Kier molecular flexibility index (Phi) is 3.25. The lowest BCUT2D eigenvalue weighted by atomic mass is 10.1. The molecule has 2 aliphatic rings. The number of fused-ring (bicyclic) bond motifs is 2. The largest absolute Gasteiger partial charge is 0.386 e. The van der Waals surface area contributed by atoms with Crippen molar-refractivity contribution >= 4 is 32.7 Å². The van der Waals surface area contributed by atoms with Crippen molar-refractivity contribution in [2.75, 3.05) is 12.3 Å². The molecule has 5 atom stereocenters. The predicted molar refractivity (Wildman–Crippen MR) is 77.9 cm³/mol. The Bertz CT molecular complexity index is 784. The number of hydrogen-bond donors (Lipinski definition) is 3. The molecule has 4 N–H and O–H groups in total. The fraction of sp³-hybridized carbons (Fsp3) is 0.500. The second kappa shape index (κ2) is 4.94. The summed E-state index contributed by atoms with van der Waals surface area (Å²) in [5, 5.41) is 10.5. The van der Waals surface area contributed by atoms with E-state index in [2.05, 4.69) is 23.5 Å². The minimum Gasteiger partial charge on any atom is -0.386 e. The van der Waals surface area contributed by atoms with Crippen LogP contribution in [-0.4, -0.2) is 54.4 Å². The zero-order chi connectivity index (χ0) is 15.5. The van der Waals surface area contributed by atoms with Crippen molar-refractivity contribution in [1.82, 2.24) is 19.5 Å². The Morgan fingerprint density at radius 3 is 3.05 bits per heavy atom. The minimum atomic E-state index is -3.11. The number of nitrogens with two attached hydrogens (primary N) is 1. The molecule has 2 saturated heterocycles. The number of ether oxygens (including phenoxy) is 1. The quantitative estimate of drug-likeness (QED) is 0.605. The van der Waals surface area contributed by atoms with Crippen molar-refractivity contribution < 1.29 is 23.8 Å². The Morgan fingerprint density at radius 1 is 1.41 bits per heavy atom.